The average Bonchev–Trinajstić information content (AvgIpc) is 3.10. The quantitative estimate of drug-likeness (QED) is 0.479. The molecule has 6 nitrogen and oxygen atoms in total. The van der Waals surface area contributed by atoms with Crippen LogP contribution in [0.15, 0.2) is 45.8 Å². The highest BCUT2D eigenvalue weighted by Gasteiger charge is 2.34. The number of ether oxygens (including phenoxy) is 1. The molecule has 2 aromatic rings. The van der Waals surface area contributed by atoms with Crippen molar-refractivity contribution in [3.05, 3.63) is 59.0 Å². The molecule has 6 heteroatoms. The minimum atomic E-state index is -1.10. The third-order valence-corrected chi connectivity index (χ3v) is 5.94. The number of hydrogen-bond donors (Lipinski definition) is 3. The molecule has 1 aromatic carbocycles. The van der Waals surface area contributed by atoms with E-state index in [0.29, 0.717) is 5.96 Å². The van der Waals surface area contributed by atoms with Gasteiger partial charge < -0.3 is 24.9 Å². The number of nitrogens with one attached hydrogen (secondary N) is 2. The summed E-state index contributed by atoms with van der Waals surface area (Å²) in [6.45, 7) is 10.9. The summed E-state index contributed by atoms with van der Waals surface area (Å²) >= 11 is 0. The number of furan rings is 1. The number of aryl methyl sites for hydroxylation is 2. The van der Waals surface area contributed by atoms with E-state index in [2.05, 4.69) is 41.0 Å². The van der Waals surface area contributed by atoms with Gasteiger partial charge in [0.2, 0.25) is 0 Å². The highest BCUT2D eigenvalue weighted by Crippen LogP contribution is 2.34. The summed E-state index contributed by atoms with van der Waals surface area (Å²) in [5, 5.41) is 17.8. The van der Waals surface area contributed by atoms with Crippen molar-refractivity contribution in [1.29, 1.82) is 0 Å². The van der Waals surface area contributed by atoms with Crippen LogP contribution in [0.5, 0.6) is 0 Å². The van der Waals surface area contributed by atoms with E-state index in [1.807, 2.05) is 26.8 Å². The molecule has 3 rings (SSSR count). The van der Waals surface area contributed by atoms with Crippen LogP contribution >= 0.6 is 0 Å². The Balaban J connectivity index is 1.75. The molecule has 1 fully saturated rings. The van der Waals surface area contributed by atoms with Crippen molar-refractivity contribution in [3.8, 4) is 0 Å². The smallest absolute Gasteiger partial charge is 0.191 e. The normalized spacial score (nSPS) is 18.6. The van der Waals surface area contributed by atoms with Crippen molar-refractivity contribution < 1.29 is 14.3 Å². The molecule has 1 atom stereocenters. The topological polar surface area (TPSA) is 79.0 Å². The van der Waals surface area contributed by atoms with Crippen molar-refractivity contribution in [2.75, 3.05) is 32.8 Å². The van der Waals surface area contributed by atoms with E-state index >= 15 is 0 Å². The molecule has 1 aromatic heterocycles. The van der Waals surface area contributed by atoms with Gasteiger partial charge in [-0.15, -0.1) is 0 Å². The van der Waals surface area contributed by atoms with Crippen LogP contribution in [0.2, 0.25) is 0 Å². The average molecular weight is 414 g/mol. The fourth-order valence-electron chi connectivity index (χ4n) is 4.20. The van der Waals surface area contributed by atoms with Crippen LogP contribution in [-0.4, -0.2) is 43.9 Å². The van der Waals surface area contributed by atoms with E-state index in [0.717, 1.165) is 56.2 Å². The number of nitrogens with zero attached hydrogens (tertiary/aromatic N) is 1. The molecule has 30 heavy (non-hydrogen) atoms. The molecule has 3 N–H and O–H groups in total. The molecule has 2 heterocycles. The number of aliphatic imine (C=N–C) groups is 1. The van der Waals surface area contributed by atoms with Crippen LogP contribution in [0, 0.1) is 13.8 Å². The van der Waals surface area contributed by atoms with Gasteiger partial charge in [-0.05, 0) is 52.2 Å². The first-order valence-corrected chi connectivity index (χ1v) is 10.8. The first-order valence-electron chi connectivity index (χ1n) is 10.8. The Morgan fingerprint density at radius 2 is 1.87 bits per heavy atom. The Kier molecular flexibility index (Phi) is 7.21. The highest BCUT2D eigenvalue weighted by atomic mass is 16.5. The van der Waals surface area contributed by atoms with Gasteiger partial charge in [0.25, 0.3) is 0 Å². The van der Waals surface area contributed by atoms with E-state index in [1.165, 1.54) is 5.56 Å². The summed E-state index contributed by atoms with van der Waals surface area (Å²) in [6.07, 6.45) is 1.93. The van der Waals surface area contributed by atoms with Crippen molar-refractivity contribution in [1.82, 2.24) is 10.6 Å². The maximum absolute atomic E-state index is 11.0. The first kappa shape index (κ1) is 22.4. The van der Waals surface area contributed by atoms with Gasteiger partial charge in [-0.3, -0.25) is 0 Å². The zero-order valence-corrected chi connectivity index (χ0v) is 18.6. The standard InChI is InChI=1S/C24H35N3O3/c1-5-25-22(26-16-23(4,28)21-15-18(2)30-19(21)3)27-17-24(11-13-29-14-12-24)20-9-7-6-8-10-20/h6-10,15,28H,5,11-14,16-17H2,1-4H3,(H2,25,26,27). The van der Waals surface area contributed by atoms with E-state index < -0.39 is 5.60 Å². The van der Waals surface area contributed by atoms with Gasteiger partial charge in [0, 0.05) is 37.3 Å². The van der Waals surface area contributed by atoms with Crippen molar-refractivity contribution in [2.45, 2.75) is 51.6 Å². The maximum atomic E-state index is 11.0. The number of hydrogen-bond acceptors (Lipinski definition) is 4. The zero-order valence-electron chi connectivity index (χ0n) is 18.6. The van der Waals surface area contributed by atoms with Gasteiger partial charge in [0.05, 0.1) is 6.54 Å². The third-order valence-electron chi connectivity index (χ3n) is 5.94. The van der Waals surface area contributed by atoms with Crippen LogP contribution in [-0.2, 0) is 15.8 Å². The van der Waals surface area contributed by atoms with E-state index in [-0.39, 0.29) is 12.0 Å². The van der Waals surface area contributed by atoms with E-state index in [1.54, 1.807) is 6.92 Å². The summed E-state index contributed by atoms with van der Waals surface area (Å²) in [6, 6.07) is 12.5. The molecule has 1 aliphatic heterocycles. The number of guanidine groups is 1. The Morgan fingerprint density at radius 1 is 1.17 bits per heavy atom. The van der Waals surface area contributed by atoms with Crippen LogP contribution in [0.25, 0.3) is 0 Å². The molecule has 0 spiro atoms. The molecule has 0 saturated carbocycles. The Morgan fingerprint density at radius 3 is 2.47 bits per heavy atom. The van der Waals surface area contributed by atoms with Gasteiger partial charge in [-0.2, -0.15) is 0 Å². The minimum Gasteiger partial charge on any atom is -0.466 e. The highest BCUT2D eigenvalue weighted by molar-refractivity contribution is 5.80. The number of rotatable bonds is 7. The molecule has 1 aliphatic rings. The van der Waals surface area contributed by atoms with Gasteiger partial charge >= 0.3 is 0 Å². The largest absolute Gasteiger partial charge is 0.466 e. The second-order valence-corrected chi connectivity index (χ2v) is 8.41. The van der Waals surface area contributed by atoms with E-state index in [4.69, 9.17) is 14.1 Å². The van der Waals surface area contributed by atoms with Crippen molar-refractivity contribution in [2.24, 2.45) is 4.99 Å². The molecular formula is C24H35N3O3. The molecule has 0 bridgehead atoms. The third kappa shape index (κ3) is 5.24. The monoisotopic (exact) mass is 413 g/mol. The lowest BCUT2D eigenvalue weighted by Crippen LogP contribution is -2.48. The summed E-state index contributed by atoms with van der Waals surface area (Å²) in [4.78, 5) is 4.69. The molecule has 0 radical (unpaired) electrons. The van der Waals surface area contributed by atoms with Gasteiger partial charge in [-0.1, -0.05) is 30.3 Å². The van der Waals surface area contributed by atoms with Crippen molar-refractivity contribution >= 4 is 5.96 Å². The Hall–Kier alpha value is -2.31. The van der Waals surface area contributed by atoms with Crippen LogP contribution in [0.4, 0.5) is 0 Å². The van der Waals surface area contributed by atoms with Gasteiger partial charge in [-0.25, -0.2) is 4.99 Å². The minimum absolute atomic E-state index is 0.0104. The maximum Gasteiger partial charge on any atom is 0.191 e. The van der Waals surface area contributed by atoms with Crippen LogP contribution in [0.3, 0.4) is 0 Å². The lowest BCUT2D eigenvalue weighted by molar-refractivity contribution is 0.0513. The summed E-state index contributed by atoms with van der Waals surface area (Å²) < 4.78 is 11.2. The van der Waals surface area contributed by atoms with Crippen LogP contribution in [0.1, 0.15) is 49.3 Å². The fourth-order valence-corrected chi connectivity index (χ4v) is 4.20. The molecule has 0 amide bonds. The lowest BCUT2D eigenvalue weighted by Gasteiger charge is -2.38. The van der Waals surface area contributed by atoms with Gasteiger partial charge in [0.1, 0.15) is 17.1 Å². The lowest BCUT2D eigenvalue weighted by atomic mass is 9.74. The second kappa shape index (κ2) is 9.67. The molecule has 1 unspecified atom stereocenters. The summed E-state index contributed by atoms with van der Waals surface area (Å²) in [5.74, 6) is 2.23. The summed E-state index contributed by atoms with van der Waals surface area (Å²) in [7, 11) is 0. The fraction of sp³-hybridized carbons (Fsp3) is 0.542. The predicted molar refractivity (Wildman–Crippen MR) is 120 cm³/mol. The molecule has 1 saturated heterocycles. The summed E-state index contributed by atoms with van der Waals surface area (Å²) in [5.41, 5.74) is 1.02. The first-order chi connectivity index (χ1) is 14.4. The van der Waals surface area contributed by atoms with Crippen LogP contribution < -0.4 is 10.6 Å². The zero-order chi connectivity index (χ0) is 21.6. The molecule has 164 valence electrons. The van der Waals surface area contributed by atoms with Crippen molar-refractivity contribution in [3.63, 3.8) is 0 Å². The number of aliphatic hydroxyl groups is 1. The SMILES string of the molecule is CCNC(=NCC(C)(O)c1cc(C)oc1C)NCC1(c2ccccc2)CCOCC1. The van der Waals surface area contributed by atoms with E-state index in [9.17, 15) is 5.11 Å². The predicted octanol–water partition coefficient (Wildman–Crippen LogP) is 3.41. The Labute approximate surface area is 179 Å². The molecule has 0 aliphatic carbocycles. The Bertz CT molecular complexity index is 837. The van der Waals surface area contributed by atoms with Gasteiger partial charge in [0.15, 0.2) is 5.96 Å². The number of benzene rings is 1. The second-order valence-electron chi connectivity index (χ2n) is 8.41. The molecular weight excluding hydrogens is 378 g/mol.